The van der Waals surface area contributed by atoms with Crippen molar-refractivity contribution in [2.75, 3.05) is 0 Å². The Balaban J connectivity index is -0.0000000575. The van der Waals surface area contributed by atoms with Gasteiger partial charge < -0.3 is 19.0 Å². The molecule has 0 amide bonds. The van der Waals surface area contributed by atoms with Crippen molar-refractivity contribution in [2.45, 2.75) is 0 Å². The van der Waals surface area contributed by atoms with Gasteiger partial charge in [-0.15, -0.1) is 0 Å². The first-order valence-electron chi connectivity index (χ1n) is 0.987. The van der Waals surface area contributed by atoms with Crippen molar-refractivity contribution in [1.29, 1.82) is 0 Å². The maximum Gasteiger partial charge on any atom is 2.00 e. The molecule has 1 N–H and O–H groups in total. The first-order chi connectivity index (χ1) is 3.15. The summed E-state index contributed by atoms with van der Waals surface area (Å²) in [7, 11) is 0. The van der Waals surface area contributed by atoms with Gasteiger partial charge in [-0.1, -0.05) is 0 Å². The molecule has 0 aromatic heterocycles. The van der Waals surface area contributed by atoms with Gasteiger partial charge >= 0.3 is 37.7 Å². The van der Waals surface area contributed by atoms with Crippen LogP contribution >= 0.6 is 0 Å². The predicted molar refractivity (Wildman–Crippen MR) is 23.4 cm³/mol. The van der Waals surface area contributed by atoms with E-state index in [9.17, 15) is 0 Å². The van der Waals surface area contributed by atoms with Gasteiger partial charge in [0.15, 0.2) is 0 Å². The Bertz CT molecular complexity index is 59.4. The molecule has 0 aromatic rings. The van der Waals surface area contributed by atoms with Crippen molar-refractivity contribution in [2.24, 2.45) is 0 Å². The third-order valence-electron chi connectivity index (χ3n) is 0. The molecule has 0 heterocycles. The SMILES string of the molecule is O=C[O-].O=S([O-])O.[Ca+2]. The van der Waals surface area contributed by atoms with Crippen LogP contribution in [0.1, 0.15) is 0 Å². The molecule has 0 saturated carbocycles. The number of hydrogen-bond donors (Lipinski definition) is 1. The van der Waals surface area contributed by atoms with E-state index in [1.54, 1.807) is 0 Å². The van der Waals surface area contributed by atoms with E-state index in [0.29, 0.717) is 0 Å². The summed E-state index contributed by atoms with van der Waals surface area (Å²) in [6, 6.07) is 0. The molecule has 5 nitrogen and oxygen atoms in total. The average molecular weight is 166 g/mol. The number of hydrogen-bond acceptors (Lipinski definition) is 4. The van der Waals surface area contributed by atoms with Gasteiger partial charge in [0, 0.05) is 6.47 Å². The van der Waals surface area contributed by atoms with Crippen molar-refractivity contribution in [3.05, 3.63) is 0 Å². The summed E-state index contributed by atoms with van der Waals surface area (Å²) >= 11 is -2.86. The van der Waals surface area contributed by atoms with Gasteiger partial charge in [-0.3, -0.25) is 0 Å². The van der Waals surface area contributed by atoms with Crippen LogP contribution in [0.5, 0.6) is 0 Å². The Morgan fingerprint density at radius 1 is 1.62 bits per heavy atom. The minimum Gasteiger partial charge on any atom is -0.750 e. The van der Waals surface area contributed by atoms with Crippen LogP contribution in [0.3, 0.4) is 0 Å². The molecular weight excluding hydrogens is 164 g/mol. The second kappa shape index (κ2) is 15.7. The molecule has 0 aromatic carbocycles. The Kier molecular flexibility index (Phi) is 31.1. The van der Waals surface area contributed by atoms with Gasteiger partial charge in [-0.05, 0) is 0 Å². The van der Waals surface area contributed by atoms with Crippen LogP contribution in [-0.2, 0) is 16.2 Å². The molecular formula is CH2CaO5S. The molecule has 0 bridgehead atoms. The molecule has 0 spiro atoms. The number of carbonyl (C=O) groups excluding carboxylic acids is 1. The van der Waals surface area contributed by atoms with E-state index < -0.39 is 17.8 Å². The largest absolute Gasteiger partial charge is 2.00 e. The van der Waals surface area contributed by atoms with Crippen LogP contribution in [0.15, 0.2) is 0 Å². The summed E-state index contributed by atoms with van der Waals surface area (Å²) in [6.45, 7) is -0.500. The molecule has 8 heavy (non-hydrogen) atoms. The monoisotopic (exact) mass is 166 g/mol. The fourth-order valence-electron chi connectivity index (χ4n) is 0. The molecule has 0 radical (unpaired) electrons. The zero-order chi connectivity index (χ0) is 6.28. The smallest absolute Gasteiger partial charge is 0.750 e. The maximum absolute atomic E-state index is 8.56. The molecule has 0 saturated heterocycles. The second-order valence-corrected chi connectivity index (χ2v) is 0.748. The fraction of sp³-hybridized carbons (Fsp3) is 0. The summed E-state index contributed by atoms with van der Waals surface area (Å²) in [4.78, 5) is 8.25. The molecule has 0 rings (SSSR count). The Morgan fingerprint density at radius 3 is 1.62 bits per heavy atom. The predicted octanol–water partition coefficient (Wildman–Crippen LogP) is -2.68. The van der Waals surface area contributed by atoms with Crippen molar-refractivity contribution in [3.8, 4) is 0 Å². The van der Waals surface area contributed by atoms with Crippen molar-refractivity contribution in [3.63, 3.8) is 0 Å². The van der Waals surface area contributed by atoms with Crippen LogP contribution < -0.4 is 5.11 Å². The molecule has 7 heteroatoms. The van der Waals surface area contributed by atoms with Gasteiger partial charge in [0.2, 0.25) is 0 Å². The Morgan fingerprint density at radius 2 is 1.62 bits per heavy atom. The zero-order valence-corrected chi connectivity index (χ0v) is 6.80. The van der Waals surface area contributed by atoms with Gasteiger partial charge in [-0.2, -0.15) is 0 Å². The standard InChI is InChI=1S/CH2O2.Ca.H2O3S/c2-1-3;;1-4(2)3/h1H,(H,2,3);;(H2,1,2,3)/q;+2;/p-2. The van der Waals surface area contributed by atoms with E-state index in [1.165, 1.54) is 0 Å². The van der Waals surface area contributed by atoms with E-state index in [0.717, 1.165) is 0 Å². The third kappa shape index (κ3) is 358. The molecule has 1 atom stereocenters. The molecule has 1 unspecified atom stereocenters. The van der Waals surface area contributed by atoms with E-state index in [-0.39, 0.29) is 37.7 Å². The average Bonchev–Trinajstić information content (AvgIpc) is 1.33. The van der Waals surface area contributed by atoms with Crippen molar-refractivity contribution >= 4 is 55.6 Å². The van der Waals surface area contributed by atoms with E-state index in [1.807, 2.05) is 0 Å². The second-order valence-electron chi connectivity index (χ2n) is 0.313. The minimum absolute atomic E-state index is 0. The summed E-state index contributed by atoms with van der Waals surface area (Å²) < 4.78 is 24.1. The van der Waals surface area contributed by atoms with E-state index in [4.69, 9.17) is 23.2 Å². The summed E-state index contributed by atoms with van der Waals surface area (Å²) in [5.41, 5.74) is 0. The van der Waals surface area contributed by atoms with Crippen molar-refractivity contribution in [1.82, 2.24) is 0 Å². The van der Waals surface area contributed by atoms with Crippen LogP contribution in [-0.4, -0.2) is 57.5 Å². The first kappa shape index (κ1) is 15.9. The summed E-state index contributed by atoms with van der Waals surface area (Å²) in [5, 5.41) is 8.25. The Labute approximate surface area is 78.2 Å². The maximum atomic E-state index is 8.56. The number of carboxylic acid groups (broad SMARTS) is 1. The molecule has 0 aliphatic rings. The van der Waals surface area contributed by atoms with Crippen molar-refractivity contribution < 1.29 is 23.2 Å². The molecule has 0 fully saturated rings. The minimum atomic E-state index is -2.86. The summed E-state index contributed by atoms with van der Waals surface area (Å²) in [6.07, 6.45) is 0. The van der Waals surface area contributed by atoms with Crippen LogP contribution in [0.25, 0.3) is 0 Å². The van der Waals surface area contributed by atoms with Crippen LogP contribution in [0.2, 0.25) is 0 Å². The van der Waals surface area contributed by atoms with Gasteiger partial charge in [0.05, 0.1) is 11.4 Å². The van der Waals surface area contributed by atoms with E-state index in [2.05, 4.69) is 0 Å². The summed E-state index contributed by atoms with van der Waals surface area (Å²) in [5.74, 6) is 0. The first-order valence-corrected chi connectivity index (χ1v) is 2.02. The fourth-order valence-corrected chi connectivity index (χ4v) is 0. The zero-order valence-electron chi connectivity index (χ0n) is 3.77. The number of rotatable bonds is 0. The molecule has 0 aliphatic heterocycles. The topological polar surface area (TPSA) is 100 Å². The van der Waals surface area contributed by atoms with E-state index >= 15 is 0 Å². The van der Waals surface area contributed by atoms with Gasteiger partial charge in [0.1, 0.15) is 0 Å². The quantitative estimate of drug-likeness (QED) is 0.240. The van der Waals surface area contributed by atoms with Crippen LogP contribution in [0.4, 0.5) is 0 Å². The third-order valence-corrected chi connectivity index (χ3v) is 0. The molecule has 0 aliphatic carbocycles. The number of carbonyl (C=O) groups is 1. The van der Waals surface area contributed by atoms with Gasteiger partial charge in [-0.25, -0.2) is 4.21 Å². The van der Waals surface area contributed by atoms with Gasteiger partial charge in [0.25, 0.3) is 0 Å². The normalized spacial score (nSPS) is 9.25. The molecule has 44 valence electrons. The van der Waals surface area contributed by atoms with Crippen LogP contribution in [0, 0.1) is 0 Å². The Hall–Kier alpha value is 0.800.